The second-order valence-corrected chi connectivity index (χ2v) is 8.93. The number of piperidine rings is 1. The fraction of sp³-hybridized carbons (Fsp3) is 0.400. The molecule has 0 aromatic heterocycles. The van der Waals surface area contributed by atoms with Crippen molar-refractivity contribution in [2.75, 3.05) is 18.0 Å². The summed E-state index contributed by atoms with van der Waals surface area (Å²) in [5.41, 5.74) is 1.57. The molecule has 3 rings (SSSR count). The Morgan fingerprint density at radius 2 is 1.71 bits per heavy atom. The standard InChI is InChI=1S/C20H24F3N2OS2/c1-14(28-16-10-8-15(9-11-16)25(26,27)20(22)23)17-6-5-7-18(21)19(17)24-12-3-2-4-13-24/h5-11,14,20,26-27H,2-4,12-13H2,1H3/q+1. The number of anilines is 1. The van der Waals surface area contributed by atoms with E-state index in [-0.39, 0.29) is 16.8 Å². The van der Waals surface area contributed by atoms with Gasteiger partial charge < -0.3 is 4.90 Å². The predicted molar refractivity (Wildman–Crippen MR) is 112 cm³/mol. The number of hydroxylamine groups is 1. The van der Waals surface area contributed by atoms with Crippen LogP contribution in [0.4, 0.5) is 24.5 Å². The molecular weight excluding hydrogens is 405 g/mol. The lowest BCUT2D eigenvalue weighted by molar-refractivity contribution is -0.124. The molecule has 1 saturated heterocycles. The van der Waals surface area contributed by atoms with Gasteiger partial charge in [-0.2, -0.15) is 5.21 Å². The van der Waals surface area contributed by atoms with Crippen LogP contribution in [0.5, 0.6) is 0 Å². The van der Waals surface area contributed by atoms with Crippen LogP contribution in [0.2, 0.25) is 0 Å². The van der Waals surface area contributed by atoms with Crippen LogP contribution >= 0.6 is 24.6 Å². The van der Waals surface area contributed by atoms with Crippen LogP contribution in [0, 0.1) is 5.82 Å². The summed E-state index contributed by atoms with van der Waals surface area (Å²) in [5.74, 6) is -0.212. The highest BCUT2D eigenvalue weighted by molar-refractivity contribution is 7.99. The molecule has 1 heterocycles. The molecule has 2 atom stereocenters. The third kappa shape index (κ3) is 4.62. The van der Waals surface area contributed by atoms with E-state index >= 15 is 0 Å². The molecule has 2 unspecified atom stereocenters. The SMILES string of the molecule is CC(Sc1ccc([N+](O)(S)C(F)F)cc1)c1cccc(F)c1N1CCCCC1. The minimum Gasteiger partial charge on any atom is -0.369 e. The van der Waals surface area contributed by atoms with Crippen molar-refractivity contribution in [3.63, 3.8) is 0 Å². The minimum absolute atomic E-state index is 0.0184. The number of rotatable bonds is 6. The van der Waals surface area contributed by atoms with Gasteiger partial charge in [0.25, 0.3) is 0 Å². The highest BCUT2D eigenvalue weighted by Gasteiger charge is 2.36. The number of hydrogen-bond donors (Lipinski definition) is 2. The van der Waals surface area contributed by atoms with Gasteiger partial charge in [0, 0.05) is 35.4 Å². The molecule has 1 N–H and O–H groups in total. The second kappa shape index (κ2) is 8.98. The molecule has 0 saturated carbocycles. The van der Waals surface area contributed by atoms with Crippen LogP contribution in [0.1, 0.15) is 37.0 Å². The van der Waals surface area contributed by atoms with Gasteiger partial charge >= 0.3 is 6.55 Å². The van der Waals surface area contributed by atoms with Gasteiger partial charge in [0.1, 0.15) is 18.6 Å². The molecule has 2 aromatic carbocycles. The highest BCUT2D eigenvalue weighted by Crippen LogP contribution is 2.41. The summed E-state index contributed by atoms with van der Waals surface area (Å²) >= 11 is 5.12. The molecule has 0 amide bonds. The molecule has 8 heteroatoms. The molecule has 0 aliphatic carbocycles. The van der Waals surface area contributed by atoms with Gasteiger partial charge in [-0.3, -0.25) is 0 Å². The minimum atomic E-state index is -3.06. The average Bonchev–Trinajstić information content (AvgIpc) is 2.68. The van der Waals surface area contributed by atoms with Crippen molar-refractivity contribution in [1.82, 2.24) is 4.05 Å². The Balaban J connectivity index is 1.80. The Bertz CT molecular complexity index is 797. The lowest BCUT2D eigenvalue weighted by atomic mass is 10.0. The first kappa shape index (κ1) is 21.4. The van der Waals surface area contributed by atoms with Gasteiger partial charge in [-0.05, 0) is 54.0 Å². The summed E-state index contributed by atoms with van der Waals surface area (Å²) in [7, 11) is 0. The summed E-state index contributed by atoms with van der Waals surface area (Å²) < 4.78 is 38.6. The maximum absolute atomic E-state index is 14.6. The van der Waals surface area contributed by atoms with Crippen molar-refractivity contribution < 1.29 is 18.4 Å². The van der Waals surface area contributed by atoms with Gasteiger partial charge in [-0.25, -0.2) is 4.39 Å². The molecular formula is C20H24F3N2OS2+. The van der Waals surface area contributed by atoms with Crippen LogP contribution in [0.25, 0.3) is 0 Å². The van der Waals surface area contributed by atoms with E-state index in [2.05, 4.69) is 17.7 Å². The topological polar surface area (TPSA) is 23.5 Å². The molecule has 0 spiro atoms. The number of nitrogens with zero attached hydrogens (tertiary/aromatic N) is 2. The third-order valence-electron chi connectivity index (χ3n) is 4.93. The Hall–Kier alpha value is -1.35. The first-order chi connectivity index (χ1) is 13.3. The molecule has 0 radical (unpaired) electrons. The molecule has 152 valence electrons. The van der Waals surface area contributed by atoms with Crippen LogP contribution < -0.4 is 8.95 Å². The maximum atomic E-state index is 14.6. The number of alkyl halides is 2. The van der Waals surface area contributed by atoms with Gasteiger partial charge in [0.05, 0.1) is 5.69 Å². The summed E-state index contributed by atoms with van der Waals surface area (Å²) in [6, 6.07) is 11.3. The molecule has 28 heavy (non-hydrogen) atoms. The number of quaternary nitrogens is 1. The largest absolute Gasteiger partial charge is 0.425 e. The highest BCUT2D eigenvalue weighted by atomic mass is 32.2. The van der Waals surface area contributed by atoms with Crippen molar-refractivity contribution in [3.05, 3.63) is 53.8 Å². The van der Waals surface area contributed by atoms with E-state index in [0.717, 1.165) is 36.4 Å². The van der Waals surface area contributed by atoms with E-state index < -0.39 is 10.6 Å². The van der Waals surface area contributed by atoms with Gasteiger partial charge in [-0.15, -0.1) is 20.5 Å². The lowest BCUT2D eigenvalue weighted by Crippen LogP contribution is -2.40. The molecule has 2 aromatic rings. The van der Waals surface area contributed by atoms with E-state index in [0.29, 0.717) is 5.69 Å². The lowest BCUT2D eigenvalue weighted by Gasteiger charge is -2.32. The molecule has 1 aliphatic rings. The Morgan fingerprint density at radius 3 is 2.32 bits per heavy atom. The number of para-hydroxylation sites is 1. The monoisotopic (exact) mass is 429 g/mol. The second-order valence-electron chi connectivity index (χ2n) is 6.91. The number of hydrogen-bond acceptors (Lipinski definition) is 4. The summed E-state index contributed by atoms with van der Waals surface area (Å²) in [4.78, 5) is 2.96. The van der Waals surface area contributed by atoms with Crippen molar-refractivity contribution in [2.45, 2.75) is 42.9 Å². The average molecular weight is 430 g/mol. The predicted octanol–water partition coefficient (Wildman–Crippen LogP) is 6.43. The summed E-state index contributed by atoms with van der Waals surface area (Å²) in [5, 5.41) is 9.69. The first-order valence-electron chi connectivity index (χ1n) is 9.23. The summed E-state index contributed by atoms with van der Waals surface area (Å²) in [6.07, 6.45) is 3.29. The van der Waals surface area contributed by atoms with Gasteiger partial charge in [-0.1, -0.05) is 12.1 Å². The molecule has 3 nitrogen and oxygen atoms in total. The Morgan fingerprint density at radius 1 is 1.07 bits per heavy atom. The zero-order valence-electron chi connectivity index (χ0n) is 15.6. The Labute approximate surface area is 173 Å². The van der Waals surface area contributed by atoms with Gasteiger partial charge in [0.15, 0.2) is 5.69 Å². The fourth-order valence-corrected chi connectivity index (χ4v) is 4.59. The Kier molecular flexibility index (Phi) is 6.85. The van der Waals surface area contributed by atoms with Crippen LogP contribution in [-0.2, 0) is 0 Å². The van der Waals surface area contributed by atoms with Gasteiger partial charge in [0.2, 0.25) is 0 Å². The van der Waals surface area contributed by atoms with Crippen LogP contribution in [0.15, 0.2) is 47.4 Å². The fourth-order valence-electron chi connectivity index (χ4n) is 3.44. The maximum Gasteiger partial charge on any atom is 0.425 e. The van der Waals surface area contributed by atoms with E-state index in [1.807, 2.05) is 13.0 Å². The van der Waals surface area contributed by atoms with Crippen LogP contribution in [-0.4, -0.2) is 24.8 Å². The number of thioether (sulfide) groups is 1. The van der Waals surface area contributed by atoms with Crippen molar-refractivity contribution in [2.24, 2.45) is 0 Å². The van der Waals surface area contributed by atoms with Crippen molar-refractivity contribution in [3.8, 4) is 0 Å². The smallest absolute Gasteiger partial charge is 0.369 e. The number of thiol groups is 1. The third-order valence-corrected chi connectivity index (χ3v) is 6.49. The summed E-state index contributed by atoms with van der Waals surface area (Å²) in [6.45, 7) is 0.656. The molecule has 0 bridgehead atoms. The van der Waals surface area contributed by atoms with Crippen molar-refractivity contribution >= 4 is 36.0 Å². The normalized spacial score (nSPS) is 18.2. The first-order valence-corrected chi connectivity index (χ1v) is 10.5. The zero-order valence-corrected chi connectivity index (χ0v) is 17.3. The quantitative estimate of drug-likeness (QED) is 0.182. The van der Waals surface area contributed by atoms with Crippen molar-refractivity contribution in [1.29, 1.82) is 0 Å². The van der Waals surface area contributed by atoms with E-state index in [9.17, 15) is 18.4 Å². The van der Waals surface area contributed by atoms with E-state index in [1.54, 1.807) is 18.2 Å². The number of benzene rings is 2. The van der Waals surface area contributed by atoms with Crippen LogP contribution in [0.3, 0.4) is 0 Å². The van der Waals surface area contributed by atoms with E-state index in [4.69, 9.17) is 0 Å². The zero-order chi connectivity index (χ0) is 20.3. The molecule has 1 fully saturated rings. The number of halogens is 3. The van der Waals surface area contributed by atoms with E-state index in [1.165, 1.54) is 36.4 Å². The molecule has 1 aliphatic heterocycles.